The van der Waals surface area contributed by atoms with E-state index in [4.69, 9.17) is 4.98 Å². The topological polar surface area (TPSA) is 93.9 Å². The molecular formula is C21H24N6O2S. The zero-order valence-corrected chi connectivity index (χ0v) is 17.9. The second kappa shape index (κ2) is 7.16. The van der Waals surface area contributed by atoms with Crippen LogP contribution in [0.2, 0.25) is 0 Å². The van der Waals surface area contributed by atoms with E-state index in [1.807, 2.05) is 10.6 Å². The molecule has 30 heavy (non-hydrogen) atoms. The number of hydrogen-bond acceptors (Lipinski definition) is 7. The molecule has 5 rings (SSSR count). The molecule has 1 saturated carbocycles. The smallest absolute Gasteiger partial charge is 0.175 e. The molecule has 0 bridgehead atoms. The lowest BCUT2D eigenvalue weighted by Gasteiger charge is -2.40. The van der Waals surface area contributed by atoms with Crippen molar-refractivity contribution in [3.05, 3.63) is 42.6 Å². The van der Waals surface area contributed by atoms with Crippen LogP contribution in [0.15, 0.2) is 41.7 Å². The van der Waals surface area contributed by atoms with Crippen LogP contribution in [0.5, 0.6) is 0 Å². The lowest BCUT2D eigenvalue weighted by Crippen LogP contribution is -2.42. The molecule has 9 heteroatoms. The number of benzene rings is 1. The molecule has 1 unspecified atom stereocenters. The van der Waals surface area contributed by atoms with E-state index in [1.54, 1.807) is 30.7 Å². The third-order valence-electron chi connectivity index (χ3n) is 6.09. The van der Waals surface area contributed by atoms with Gasteiger partial charge in [-0.05, 0) is 31.4 Å². The summed E-state index contributed by atoms with van der Waals surface area (Å²) in [6.07, 6.45) is 10.3. The van der Waals surface area contributed by atoms with Crippen molar-refractivity contribution in [1.29, 1.82) is 0 Å². The van der Waals surface area contributed by atoms with E-state index in [-0.39, 0.29) is 10.9 Å². The largest absolute Gasteiger partial charge is 0.342 e. The van der Waals surface area contributed by atoms with Crippen LogP contribution in [-0.2, 0) is 9.84 Å². The lowest BCUT2D eigenvalue weighted by molar-refractivity contribution is 0.469. The monoisotopic (exact) mass is 424 g/mol. The van der Waals surface area contributed by atoms with Crippen molar-refractivity contribution >= 4 is 15.7 Å². The molecule has 0 saturated heterocycles. The van der Waals surface area contributed by atoms with E-state index >= 15 is 0 Å². The maximum atomic E-state index is 12.0. The maximum absolute atomic E-state index is 12.0. The zero-order valence-electron chi connectivity index (χ0n) is 17.1. The van der Waals surface area contributed by atoms with E-state index < -0.39 is 9.84 Å². The van der Waals surface area contributed by atoms with Crippen molar-refractivity contribution in [1.82, 2.24) is 24.7 Å². The molecule has 2 aliphatic rings. The van der Waals surface area contributed by atoms with Crippen molar-refractivity contribution in [3.63, 3.8) is 0 Å². The molecule has 156 valence electrons. The maximum Gasteiger partial charge on any atom is 0.175 e. The number of aromatic nitrogens is 5. The number of rotatable bonds is 4. The fourth-order valence-corrected chi connectivity index (χ4v) is 5.32. The number of hydrogen-bond donors (Lipinski definition) is 0. The van der Waals surface area contributed by atoms with Gasteiger partial charge in [-0.25, -0.2) is 18.4 Å². The average Bonchev–Trinajstić information content (AvgIpc) is 3.44. The van der Waals surface area contributed by atoms with Gasteiger partial charge in [-0.3, -0.25) is 4.57 Å². The Morgan fingerprint density at radius 2 is 2.00 bits per heavy atom. The van der Waals surface area contributed by atoms with Crippen molar-refractivity contribution in [2.24, 2.45) is 0 Å². The Kier molecular flexibility index (Phi) is 4.57. The van der Waals surface area contributed by atoms with Crippen LogP contribution in [-0.4, -0.2) is 45.4 Å². The van der Waals surface area contributed by atoms with Crippen LogP contribution in [0.4, 0.5) is 5.82 Å². The molecular weight excluding hydrogens is 400 g/mol. The van der Waals surface area contributed by atoms with Crippen LogP contribution in [0.1, 0.15) is 50.9 Å². The van der Waals surface area contributed by atoms with Crippen molar-refractivity contribution in [2.75, 3.05) is 11.2 Å². The van der Waals surface area contributed by atoms with Crippen molar-refractivity contribution < 1.29 is 8.42 Å². The molecule has 0 spiro atoms. The Balaban J connectivity index is 1.67. The highest BCUT2D eigenvalue weighted by Crippen LogP contribution is 2.42. The van der Waals surface area contributed by atoms with Crippen LogP contribution in [0.3, 0.4) is 0 Å². The Morgan fingerprint density at radius 1 is 1.20 bits per heavy atom. The third-order valence-corrected chi connectivity index (χ3v) is 7.20. The molecule has 8 nitrogen and oxygen atoms in total. The number of anilines is 1. The van der Waals surface area contributed by atoms with Gasteiger partial charge in [-0.15, -0.1) is 10.2 Å². The van der Waals surface area contributed by atoms with Crippen LogP contribution >= 0.6 is 0 Å². The Hall–Kier alpha value is -2.81. The highest BCUT2D eigenvalue weighted by atomic mass is 32.2. The summed E-state index contributed by atoms with van der Waals surface area (Å²) in [5.74, 6) is 2.32. The predicted molar refractivity (Wildman–Crippen MR) is 113 cm³/mol. The molecule has 1 aliphatic heterocycles. The average molecular weight is 425 g/mol. The quantitative estimate of drug-likeness (QED) is 0.634. The summed E-state index contributed by atoms with van der Waals surface area (Å²) in [7, 11) is -3.31. The van der Waals surface area contributed by atoms with Gasteiger partial charge in [0.25, 0.3) is 0 Å². The molecule has 0 amide bonds. The summed E-state index contributed by atoms with van der Waals surface area (Å²) in [5, 5.41) is 8.54. The van der Waals surface area contributed by atoms with Gasteiger partial charge in [0.05, 0.1) is 17.1 Å². The fourth-order valence-electron chi connectivity index (χ4n) is 4.65. The number of fused-ring (bicyclic) bond motifs is 3. The van der Waals surface area contributed by atoms with Gasteiger partial charge < -0.3 is 4.90 Å². The molecule has 1 aliphatic carbocycles. The summed E-state index contributed by atoms with van der Waals surface area (Å²) in [4.78, 5) is 12.2. The van der Waals surface area contributed by atoms with Crippen LogP contribution in [0.25, 0.3) is 17.1 Å². The minimum absolute atomic E-state index is 0.105. The van der Waals surface area contributed by atoms with Gasteiger partial charge in [-0.2, -0.15) is 0 Å². The SMILES string of the molecule is CCC1c2nncn2-c2cnc(-c3cccc(S(C)(=O)=O)c3)nc2N1C1CCCC1. The summed E-state index contributed by atoms with van der Waals surface area (Å²) in [6, 6.07) is 7.33. The molecule has 3 heterocycles. The first kappa shape index (κ1) is 19.2. The van der Waals surface area contributed by atoms with Gasteiger partial charge in [0, 0.05) is 17.9 Å². The minimum atomic E-state index is -3.31. The second-order valence-corrected chi connectivity index (χ2v) is 10.0. The van der Waals surface area contributed by atoms with Crippen LogP contribution < -0.4 is 4.90 Å². The van der Waals surface area contributed by atoms with E-state index in [1.165, 1.54) is 19.1 Å². The summed E-state index contributed by atoms with van der Waals surface area (Å²) in [6.45, 7) is 2.16. The van der Waals surface area contributed by atoms with Crippen molar-refractivity contribution in [2.45, 2.75) is 56.0 Å². The highest BCUT2D eigenvalue weighted by molar-refractivity contribution is 7.90. The third kappa shape index (κ3) is 3.08. The Bertz CT molecular complexity index is 1200. The summed E-state index contributed by atoms with van der Waals surface area (Å²) in [5.41, 5.74) is 1.56. The fraction of sp³-hybridized carbons (Fsp3) is 0.429. The molecule has 2 aromatic heterocycles. The van der Waals surface area contributed by atoms with Crippen LogP contribution in [0, 0.1) is 0 Å². The summed E-state index contributed by atoms with van der Waals surface area (Å²) >= 11 is 0. The predicted octanol–water partition coefficient (Wildman–Crippen LogP) is 3.34. The second-order valence-electron chi connectivity index (χ2n) is 8.03. The zero-order chi connectivity index (χ0) is 20.9. The van der Waals surface area contributed by atoms with E-state index in [0.717, 1.165) is 36.6 Å². The van der Waals surface area contributed by atoms with E-state index in [0.29, 0.717) is 17.4 Å². The van der Waals surface area contributed by atoms with Gasteiger partial charge >= 0.3 is 0 Å². The first-order valence-electron chi connectivity index (χ1n) is 10.3. The van der Waals surface area contributed by atoms with E-state index in [9.17, 15) is 8.42 Å². The molecule has 1 atom stereocenters. The summed E-state index contributed by atoms with van der Waals surface area (Å²) < 4.78 is 26.0. The standard InChI is InChI=1S/C21H24N6O2S/c1-3-17-21-25-23-13-26(21)18-12-22-19(14-7-6-10-16(11-14)30(2,28)29)24-20(18)27(17)15-8-4-5-9-15/h6-7,10-13,15,17H,3-5,8-9H2,1-2H3. The van der Waals surface area contributed by atoms with Gasteiger partial charge in [0.1, 0.15) is 12.0 Å². The Morgan fingerprint density at radius 3 is 2.73 bits per heavy atom. The molecule has 3 aromatic rings. The molecule has 1 fully saturated rings. The van der Waals surface area contributed by atoms with Gasteiger partial charge in [0.2, 0.25) is 0 Å². The molecule has 0 N–H and O–H groups in total. The lowest BCUT2D eigenvalue weighted by atomic mass is 10.0. The van der Waals surface area contributed by atoms with Gasteiger partial charge in [0.15, 0.2) is 27.3 Å². The normalized spacial score (nSPS) is 19.0. The first-order chi connectivity index (χ1) is 14.5. The minimum Gasteiger partial charge on any atom is -0.342 e. The van der Waals surface area contributed by atoms with Crippen molar-refractivity contribution in [3.8, 4) is 17.1 Å². The highest BCUT2D eigenvalue weighted by Gasteiger charge is 2.38. The molecule has 0 radical (unpaired) electrons. The number of nitrogens with zero attached hydrogens (tertiary/aromatic N) is 6. The molecule has 1 aromatic carbocycles. The van der Waals surface area contributed by atoms with Gasteiger partial charge in [-0.1, -0.05) is 31.9 Å². The Labute approximate surface area is 175 Å². The van der Waals surface area contributed by atoms with E-state index in [2.05, 4.69) is 27.0 Å². The first-order valence-corrected chi connectivity index (χ1v) is 12.2. The number of sulfone groups is 1.